The number of halogens is 1. The van der Waals surface area contributed by atoms with Gasteiger partial charge in [-0.3, -0.25) is 4.90 Å². The van der Waals surface area contributed by atoms with Gasteiger partial charge in [-0.2, -0.15) is 0 Å². The molecule has 1 aliphatic carbocycles. The SMILES string of the molecule is NCCn1c2c(c3ccccc31)CCN(C(=O)O)C2C1(c2ccc(Cl)cc2)CCC1. The summed E-state index contributed by atoms with van der Waals surface area (Å²) in [7, 11) is 0. The van der Waals surface area contributed by atoms with Crippen molar-refractivity contribution in [3.05, 3.63) is 70.4 Å². The maximum atomic E-state index is 12.4. The minimum Gasteiger partial charge on any atom is -0.465 e. The van der Waals surface area contributed by atoms with Gasteiger partial charge in [-0.05, 0) is 48.6 Å². The van der Waals surface area contributed by atoms with E-state index in [1.807, 2.05) is 18.2 Å². The molecule has 2 aromatic carbocycles. The molecule has 1 atom stereocenters. The summed E-state index contributed by atoms with van der Waals surface area (Å²) in [5.41, 5.74) is 10.5. The molecule has 5 nitrogen and oxygen atoms in total. The van der Waals surface area contributed by atoms with E-state index in [2.05, 4.69) is 34.9 Å². The number of nitrogens with zero attached hydrogens (tertiary/aromatic N) is 2. The van der Waals surface area contributed by atoms with Crippen molar-refractivity contribution >= 4 is 28.6 Å². The smallest absolute Gasteiger partial charge is 0.407 e. The summed E-state index contributed by atoms with van der Waals surface area (Å²) >= 11 is 6.17. The van der Waals surface area contributed by atoms with E-state index < -0.39 is 6.09 Å². The van der Waals surface area contributed by atoms with E-state index in [1.165, 1.54) is 16.5 Å². The van der Waals surface area contributed by atoms with Crippen LogP contribution in [0.15, 0.2) is 48.5 Å². The summed E-state index contributed by atoms with van der Waals surface area (Å²) in [4.78, 5) is 14.1. The van der Waals surface area contributed by atoms with Crippen LogP contribution in [-0.4, -0.2) is 33.8 Å². The van der Waals surface area contributed by atoms with Crippen LogP contribution in [0.1, 0.15) is 42.1 Å². The van der Waals surface area contributed by atoms with Crippen molar-refractivity contribution in [1.82, 2.24) is 9.47 Å². The molecule has 1 aromatic heterocycles. The van der Waals surface area contributed by atoms with Crippen LogP contribution in [0.5, 0.6) is 0 Å². The zero-order valence-corrected chi connectivity index (χ0v) is 17.6. The molecule has 0 radical (unpaired) electrons. The molecule has 5 rings (SSSR count). The molecule has 2 aliphatic rings. The second-order valence-corrected chi connectivity index (χ2v) is 8.90. The van der Waals surface area contributed by atoms with Gasteiger partial charge in [-0.15, -0.1) is 0 Å². The van der Waals surface area contributed by atoms with E-state index in [4.69, 9.17) is 17.3 Å². The van der Waals surface area contributed by atoms with Crippen molar-refractivity contribution < 1.29 is 9.90 Å². The zero-order valence-electron chi connectivity index (χ0n) is 16.9. The third kappa shape index (κ3) is 2.76. The molecule has 1 saturated carbocycles. The number of hydrogen-bond donors (Lipinski definition) is 2. The van der Waals surface area contributed by atoms with Gasteiger partial charge in [0.15, 0.2) is 0 Å². The molecular formula is C24H26ClN3O2. The number of benzene rings is 2. The van der Waals surface area contributed by atoms with Crippen molar-refractivity contribution in [2.75, 3.05) is 13.1 Å². The average Bonchev–Trinajstić information content (AvgIpc) is 3.03. The van der Waals surface area contributed by atoms with Gasteiger partial charge in [0.05, 0.1) is 6.04 Å². The molecular weight excluding hydrogens is 398 g/mol. The van der Waals surface area contributed by atoms with Crippen LogP contribution in [0.25, 0.3) is 10.9 Å². The van der Waals surface area contributed by atoms with Gasteiger partial charge in [0.2, 0.25) is 0 Å². The second-order valence-electron chi connectivity index (χ2n) is 8.47. The van der Waals surface area contributed by atoms with Crippen LogP contribution < -0.4 is 5.73 Å². The summed E-state index contributed by atoms with van der Waals surface area (Å²) in [6, 6.07) is 16.1. The predicted octanol–water partition coefficient (Wildman–Crippen LogP) is 4.95. The zero-order chi connectivity index (χ0) is 20.9. The van der Waals surface area contributed by atoms with E-state index in [0.717, 1.165) is 36.9 Å². The summed E-state index contributed by atoms with van der Waals surface area (Å²) in [5, 5.41) is 12.1. The molecule has 1 amide bonds. The topological polar surface area (TPSA) is 71.5 Å². The highest BCUT2D eigenvalue weighted by Gasteiger charge is 2.53. The minimum absolute atomic E-state index is 0.229. The van der Waals surface area contributed by atoms with E-state index >= 15 is 0 Å². The van der Waals surface area contributed by atoms with Gasteiger partial charge in [0, 0.05) is 46.7 Å². The molecule has 6 heteroatoms. The lowest BCUT2D eigenvalue weighted by Gasteiger charge is -2.53. The van der Waals surface area contributed by atoms with Gasteiger partial charge in [-0.25, -0.2) is 4.79 Å². The third-order valence-electron chi connectivity index (χ3n) is 7.08. The third-order valence-corrected chi connectivity index (χ3v) is 7.33. The van der Waals surface area contributed by atoms with Crippen molar-refractivity contribution in [2.45, 2.75) is 43.7 Å². The Morgan fingerprint density at radius 3 is 2.53 bits per heavy atom. The number of nitrogens with two attached hydrogens (primary N) is 1. The Balaban J connectivity index is 1.78. The standard InChI is InChI=1S/C24H26ClN3O2/c25-17-8-6-16(7-9-17)24(11-3-12-24)22-21-19(10-14-28(22)23(29)30)18-4-1-2-5-20(18)27(21)15-13-26/h1-2,4-9,22H,3,10-15,26H2,(H,29,30). The maximum absolute atomic E-state index is 12.4. The first-order chi connectivity index (χ1) is 14.6. The highest BCUT2D eigenvalue weighted by molar-refractivity contribution is 6.30. The molecule has 0 spiro atoms. The quantitative estimate of drug-likeness (QED) is 0.623. The first kappa shape index (κ1) is 19.5. The van der Waals surface area contributed by atoms with E-state index in [1.54, 1.807) is 4.90 Å². The number of amides is 1. The number of aromatic nitrogens is 1. The molecule has 1 unspecified atom stereocenters. The van der Waals surface area contributed by atoms with Crippen LogP contribution in [0, 0.1) is 0 Å². The normalized spacial score (nSPS) is 20.1. The molecule has 0 bridgehead atoms. The van der Waals surface area contributed by atoms with E-state index in [9.17, 15) is 9.90 Å². The van der Waals surface area contributed by atoms with Gasteiger partial charge < -0.3 is 15.4 Å². The Morgan fingerprint density at radius 2 is 1.90 bits per heavy atom. The van der Waals surface area contributed by atoms with Crippen molar-refractivity contribution in [1.29, 1.82) is 0 Å². The number of carbonyl (C=O) groups is 1. The summed E-state index contributed by atoms with van der Waals surface area (Å²) < 4.78 is 2.28. The van der Waals surface area contributed by atoms with Gasteiger partial charge in [0.1, 0.15) is 0 Å². The first-order valence-electron chi connectivity index (χ1n) is 10.6. The van der Waals surface area contributed by atoms with Crippen LogP contribution in [0.4, 0.5) is 4.79 Å². The highest BCUT2D eigenvalue weighted by atomic mass is 35.5. The summed E-state index contributed by atoms with van der Waals surface area (Å²) in [6.45, 7) is 1.70. The molecule has 1 aliphatic heterocycles. The van der Waals surface area contributed by atoms with Crippen molar-refractivity contribution in [3.8, 4) is 0 Å². The van der Waals surface area contributed by atoms with Gasteiger partial charge >= 0.3 is 6.09 Å². The van der Waals surface area contributed by atoms with E-state index in [-0.39, 0.29) is 11.5 Å². The largest absolute Gasteiger partial charge is 0.465 e. The van der Waals surface area contributed by atoms with Crippen molar-refractivity contribution in [2.24, 2.45) is 5.73 Å². The number of rotatable bonds is 4. The Bertz CT molecular complexity index is 1100. The fraction of sp³-hybridized carbons (Fsp3) is 0.375. The lowest BCUT2D eigenvalue weighted by atomic mass is 9.58. The van der Waals surface area contributed by atoms with Crippen LogP contribution in [-0.2, 0) is 18.4 Å². The maximum Gasteiger partial charge on any atom is 0.407 e. The predicted molar refractivity (Wildman–Crippen MR) is 119 cm³/mol. The molecule has 1 fully saturated rings. The Kier molecular flexibility index (Phi) is 4.75. The first-order valence-corrected chi connectivity index (χ1v) is 11.0. The Hall–Kier alpha value is -2.50. The molecule has 30 heavy (non-hydrogen) atoms. The highest BCUT2D eigenvalue weighted by Crippen LogP contribution is 2.57. The number of fused-ring (bicyclic) bond motifs is 3. The second kappa shape index (κ2) is 7.33. The minimum atomic E-state index is -0.851. The molecule has 3 aromatic rings. The molecule has 0 saturated heterocycles. The van der Waals surface area contributed by atoms with Crippen LogP contribution in [0.2, 0.25) is 5.02 Å². The monoisotopic (exact) mass is 423 g/mol. The van der Waals surface area contributed by atoms with Crippen LogP contribution >= 0.6 is 11.6 Å². The lowest BCUT2D eigenvalue weighted by molar-refractivity contribution is 0.0475. The number of hydrogen-bond acceptors (Lipinski definition) is 2. The van der Waals surface area contributed by atoms with E-state index in [0.29, 0.717) is 24.7 Å². The number of para-hydroxylation sites is 1. The fourth-order valence-electron chi connectivity index (χ4n) is 5.67. The molecule has 156 valence electrons. The Labute approximate surface area is 181 Å². The Morgan fingerprint density at radius 1 is 1.17 bits per heavy atom. The molecule has 2 heterocycles. The van der Waals surface area contributed by atoms with Gasteiger partial charge in [0.25, 0.3) is 0 Å². The number of carboxylic acid groups (broad SMARTS) is 1. The average molecular weight is 424 g/mol. The van der Waals surface area contributed by atoms with Gasteiger partial charge in [-0.1, -0.05) is 48.4 Å². The lowest BCUT2D eigenvalue weighted by Crippen LogP contribution is -2.53. The van der Waals surface area contributed by atoms with Crippen LogP contribution in [0.3, 0.4) is 0 Å². The summed E-state index contributed by atoms with van der Waals surface area (Å²) in [5.74, 6) is 0. The van der Waals surface area contributed by atoms with Crippen molar-refractivity contribution in [3.63, 3.8) is 0 Å². The molecule has 3 N–H and O–H groups in total. The fourth-order valence-corrected chi connectivity index (χ4v) is 5.80. The summed E-state index contributed by atoms with van der Waals surface area (Å²) in [6.07, 6.45) is 2.90.